The van der Waals surface area contributed by atoms with Crippen LogP contribution in [0.3, 0.4) is 0 Å². The molecule has 0 aliphatic rings. The molecule has 3 aromatic carbocycles. The predicted molar refractivity (Wildman–Crippen MR) is 118 cm³/mol. The molecule has 0 aliphatic carbocycles. The highest BCUT2D eigenvalue weighted by atomic mass is 32.2. The summed E-state index contributed by atoms with van der Waals surface area (Å²) < 4.78 is 31.5. The van der Waals surface area contributed by atoms with Crippen molar-refractivity contribution in [2.75, 3.05) is 13.4 Å². The highest BCUT2D eigenvalue weighted by Crippen LogP contribution is 2.19. The fourth-order valence-electron chi connectivity index (χ4n) is 3.46. The topological polar surface area (TPSA) is 87.4 Å². The normalized spacial score (nSPS) is 11.5. The predicted octanol–water partition coefficient (Wildman–Crippen LogP) is 2.95. The number of methoxy groups -OCH3 is 1. The van der Waals surface area contributed by atoms with Gasteiger partial charge in [-0.3, -0.25) is 9.36 Å². The van der Waals surface area contributed by atoms with Crippen molar-refractivity contribution in [1.82, 2.24) is 9.13 Å². The van der Waals surface area contributed by atoms with Crippen LogP contribution in [0.4, 0.5) is 0 Å². The first-order chi connectivity index (χ1) is 14.8. The minimum absolute atomic E-state index is 0.0216. The fourth-order valence-corrected chi connectivity index (χ4v) is 4.13. The van der Waals surface area contributed by atoms with Crippen LogP contribution >= 0.6 is 0 Å². The zero-order chi connectivity index (χ0) is 22.2. The van der Waals surface area contributed by atoms with Crippen molar-refractivity contribution in [2.45, 2.75) is 11.4 Å². The van der Waals surface area contributed by atoms with E-state index < -0.39 is 21.4 Å². The van der Waals surface area contributed by atoms with E-state index in [9.17, 15) is 18.0 Å². The minimum Gasteiger partial charge on any atom is -0.497 e. The van der Waals surface area contributed by atoms with E-state index in [1.807, 2.05) is 12.1 Å². The van der Waals surface area contributed by atoms with Crippen LogP contribution in [-0.4, -0.2) is 36.8 Å². The summed E-state index contributed by atoms with van der Waals surface area (Å²) in [5.74, 6) is 0.125. The maximum atomic E-state index is 13.3. The maximum absolute atomic E-state index is 13.3. The van der Waals surface area contributed by atoms with Crippen LogP contribution < -0.4 is 10.4 Å². The standard InChI is InChI=1S/C23H20N2O5S/c1-30-18-12-10-16(11-13-18)15-24-20-8-3-4-9-21(20)25(23(24)27)22(26)17-6-5-7-19(14-17)31(2,28)29/h3-14H,15H2,1-2H3. The van der Waals surface area contributed by atoms with Gasteiger partial charge in [0.1, 0.15) is 5.75 Å². The molecule has 31 heavy (non-hydrogen) atoms. The number of rotatable bonds is 5. The molecule has 0 unspecified atom stereocenters. The fraction of sp³-hybridized carbons (Fsp3) is 0.130. The lowest BCUT2D eigenvalue weighted by atomic mass is 10.2. The number of imidazole rings is 1. The van der Waals surface area contributed by atoms with Crippen molar-refractivity contribution in [3.63, 3.8) is 0 Å². The van der Waals surface area contributed by atoms with Gasteiger partial charge in [0.2, 0.25) is 0 Å². The van der Waals surface area contributed by atoms with Gasteiger partial charge in [0.05, 0.1) is 29.6 Å². The first-order valence-electron chi connectivity index (χ1n) is 9.47. The number of sulfone groups is 1. The van der Waals surface area contributed by atoms with Gasteiger partial charge in [0.25, 0.3) is 5.91 Å². The van der Waals surface area contributed by atoms with E-state index in [4.69, 9.17) is 4.74 Å². The van der Waals surface area contributed by atoms with Crippen LogP contribution in [0.1, 0.15) is 15.9 Å². The Morgan fingerprint density at radius 3 is 2.26 bits per heavy atom. The lowest BCUT2D eigenvalue weighted by Crippen LogP contribution is -2.29. The van der Waals surface area contributed by atoms with Gasteiger partial charge in [-0.25, -0.2) is 17.8 Å². The molecular weight excluding hydrogens is 416 g/mol. The Kier molecular flexibility index (Phi) is 5.24. The number of hydrogen-bond donors (Lipinski definition) is 0. The third kappa shape index (κ3) is 3.89. The van der Waals surface area contributed by atoms with Crippen molar-refractivity contribution in [3.8, 4) is 5.75 Å². The Hall–Kier alpha value is -3.65. The Labute approximate surface area is 179 Å². The number of carbonyl (C=O) groups is 1. The van der Waals surface area contributed by atoms with E-state index in [1.54, 1.807) is 43.5 Å². The van der Waals surface area contributed by atoms with Crippen molar-refractivity contribution in [1.29, 1.82) is 0 Å². The second-order valence-electron chi connectivity index (χ2n) is 7.15. The quantitative estimate of drug-likeness (QED) is 0.480. The van der Waals surface area contributed by atoms with Gasteiger partial charge < -0.3 is 4.74 Å². The third-order valence-electron chi connectivity index (χ3n) is 5.05. The van der Waals surface area contributed by atoms with E-state index in [2.05, 4.69) is 0 Å². The van der Waals surface area contributed by atoms with Crippen LogP contribution in [0, 0.1) is 0 Å². The van der Waals surface area contributed by atoms with Crippen molar-refractivity contribution < 1.29 is 17.9 Å². The summed E-state index contributed by atoms with van der Waals surface area (Å²) in [5, 5.41) is 0. The zero-order valence-corrected chi connectivity index (χ0v) is 17.8. The number of nitrogens with zero attached hydrogens (tertiary/aromatic N) is 2. The lowest BCUT2D eigenvalue weighted by Gasteiger charge is -2.05. The molecular formula is C23H20N2O5S. The number of hydrogen-bond acceptors (Lipinski definition) is 5. The zero-order valence-electron chi connectivity index (χ0n) is 17.0. The summed E-state index contributed by atoms with van der Waals surface area (Å²) >= 11 is 0. The van der Waals surface area contributed by atoms with Gasteiger partial charge in [-0.15, -0.1) is 0 Å². The molecule has 1 heterocycles. The summed E-state index contributed by atoms with van der Waals surface area (Å²) in [4.78, 5) is 26.5. The van der Waals surface area contributed by atoms with Crippen LogP contribution in [-0.2, 0) is 16.4 Å². The average molecular weight is 436 g/mol. The minimum atomic E-state index is -3.49. The summed E-state index contributed by atoms with van der Waals surface area (Å²) in [5.41, 5.74) is 1.56. The Morgan fingerprint density at radius 2 is 1.61 bits per heavy atom. The molecule has 0 spiro atoms. The summed E-state index contributed by atoms with van der Waals surface area (Å²) in [6.45, 7) is 0.271. The van der Waals surface area contributed by atoms with Gasteiger partial charge in [0.15, 0.2) is 9.84 Å². The molecule has 158 valence electrons. The number of carbonyl (C=O) groups excluding carboxylic acids is 1. The smallest absolute Gasteiger partial charge is 0.336 e. The van der Waals surface area contributed by atoms with E-state index in [-0.39, 0.29) is 17.0 Å². The molecule has 0 fully saturated rings. The number of ether oxygens (including phenoxy) is 1. The number of fused-ring (bicyclic) bond motifs is 1. The third-order valence-corrected chi connectivity index (χ3v) is 6.16. The van der Waals surface area contributed by atoms with Crippen LogP contribution in [0.2, 0.25) is 0 Å². The summed E-state index contributed by atoms with van der Waals surface area (Å²) in [6.07, 6.45) is 1.07. The molecule has 0 atom stereocenters. The summed E-state index contributed by atoms with van der Waals surface area (Å²) in [6, 6.07) is 20.0. The number of benzene rings is 3. The van der Waals surface area contributed by atoms with Crippen LogP contribution in [0.15, 0.2) is 82.5 Å². The SMILES string of the molecule is COc1ccc(Cn2c(=O)n(C(=O)c3cccc(S(C)(=O)=O)c3)c3ccccc32)cc1. The molecule has 8 heteroatoms. The second-order valence-corrected chi connectivity index (χ2v) is 9.16. The first kappa shape index (κ1) is 20.6. The van der Waals surface area contributed by atoms with E-state index in [0.717, 1.165) is 16.4 Å². The summed E-state index contributed by atoms with van der Waals surface area (Å²) in [7, 11) is -1.91. The monoisotopic (exact) mass is 436 g/mol. The molecule has 4 rings (SSSR count). The van der Waals surface area contributed by atoms with Gasteiger partial charge in [-0.2, -0.15) is 0 Å². The van der Waals surface area contributed by atoms with Gasteiger partial charge >= 0.3 is 5.69 Å². The molecule has 1 aromatic heterocycles. The molecule has 0 N–H and O–H groups in total. The molecule has 0 bridgehead atoms. The number of para-hydroxylation sites is 2. The Bertz CT molecular complexity index is 1450. The van der Waals surface area contributed by atoms with Crippen LogP contribution in [0.25, 0.3) is 11.0 Å². The van der Waals surface area contributed by atoms with Crippen molar-refractivity contribution in [2.24, 2.45) is 0 Å². The molecule has 0 aliphatic heterocycles. The largest absolute Gasteiger partial charge is 0.497 e. The second kappa shape index (κ2) is 7.88. The Morgan fingerprint density at radius 1 is 0.935 bits per heavy atom. The van der Waals surface area contributed by atoms with Crippen LogP contribution in [0.5, 0.6) is 5.75 Å². The lowest BCUT2D eigenvalue weighted by molar-refractivity contribution is 0.0960. The van der Waals surface area contributed by atoms with E-state index in [1.165, 1.54) is 28.8 Å². The molecule has 0 saturated heterocycles. The first-order valence-corrected chi connectivity index (χ1v) is 11.4. The molecule has 0 radical (unpaired) electrons. The molecule has 7 nitrogen and oxygen atoms in total. The molecule has 4 aromatic rings. The Balaban J connectivity index is 1.83. The number of aromatic nitrogens is 2. The van der Waals surface area contributed by atoms with Crippen molar-refractivity contribution in [3.05, 3.63) is 94.4 Å². The van der Waals surface area contributed by atoms with Gasteiger partial charge in [-0.1, -0.05) is 30.3 Å². The average Bonchev–Trinajstić information content (AvgIpc) is 3.04. The van der Waals surface area contributed by atoms with Gasteiger partial charge in [-0.05, 0) is 48.0 Å². The highest BCUT2D eigenvalue weighted by Gasteiger charge is 2.21. The van der Waals surface area contributed by atoms with E-state index in [0.29, 0.717) is 16.8 Å². The molecule has 0 amide bonds. The van der Waals surface area contributed by atoms with Crippen molar-refractivity contribution >= 4 is 26.8 Å². The van der Waals surface area contributed by atoms with Gasteiger partial charge in [0, 0.05) is 11.8 Å². The molecule has 0 saturated carbocycles. The van der Waals surface area contributed by atoms with E-state index >= 15 is 0 Å². The highest BCUT2D eigenvalue weighted by molar-refractivity contribution is 7.90. The maximum Gasteiger partial charge on any atom is 0.336 e.